The number of aliphatic carboxylic acids is 1. The van der Waals surface area contributed by atoms with Gasteiger partial charge in [-0.25, -0.2) is 13.6 Å². The largest absolute Gasteiger partial charge is 0.477 e. The van der Waals surface area contributed by atoms with Crippen LogP contribution in [0, 0.1) is 0 Å². The zero-order valence-corrected chi connectivity index (χ0v) is 17.7. The summed E-state index contributed by atoms with van der Waals surface area (Å²) in [6.07, 6.45) is 3.48. The van der Waals surface area contributed by atoms with Gasteiger partial charge in [0.2, 0.25) is 5.92 Å². The van der Waals surface area contributed by atoms with Gasteiger partial charge in [0.25, 0.3) is 5.91 Å². The molecule has 9 nitrogen and oxygen atoms in total. The van der Waals surface area contributed by atoms with E-state index < -0.39 is 17.9 Å². The van der Waals surface area contributed by atoms with Crippen LogP contribution in [0.1, 0.15) is 30.6 Å². The molecular formula is C17H34F2N4O5+2. The fraction of sp³-hybridized carbons (Fsp3) is 0.647. The lowest BCUT2D eigenvalue weighted by Gasteiger charge is -2.00. The number of alkyl halides is 2. The van der Waals surface area contributed by atoms with Crippen LogP contribution in [-0.2, 0) is 20.8 Å². The van der Waals surface area contributed by atoms with Crippen molar-refractivity contribution >= 4 is 11.9 Å². The van der Waals surface area contributed by atoms with Gasteiger partial charge in [-0.05, 0) is 18.9 Å². The normalized spacial score (nSPS) is 10.6. The highest BCUT2D eigenvalue weighted by molar-refractivity contribution is 5.93. The van der Waals surface area contributed by atoms with Gasteiger partial charge in [0.05, 0.1) is 12.0 Å². The van der Waals surface area contributed by atoms with E-state index in [9.17, 15) is 18.4 Å². The van der Waals surface area contributed by atoms with Crippen molar-refractivity contribution in [3.8, 4) is 0 Å². The molecular weight excluding hydrogens is 378 g/mol. The molecule has 28 heavy (non-hydrogen) atoms. The molecule has 0 fully saturated rings. The fourth-order valence-corrected chi connectivity index (χ4v) is 1.21. The molecule has 11 heteroatoms. The Balaban J connectivity index is -0.000000470. The number of nitrogens with zero attached hydrogens (tertiary/aromatic N) is 2. The van der Waals surface area contributed by atoms with E-state index >= 15 is 0 Å². The number of hydrogen-bond donors (Lipinski definition) is 3. The first-order valence-corrected chi connectivity index (χ1v) is 8.19. The van der Waals surface area contributed by atoms with Gasteiger partial charge in [-0.15, -0.1) is 0 Å². The summed E-state index contributed by atoms with van der Waals surface area (Å²) in [7, 11) is 8.05. The van der Waals surface area contributed by atoms with E-state index in [2.05, 4.69) is 25.6 Å². The first-order chi connectivity index (χ1) is 12.9. The third kappa shape index (κ3) is 23.8. The van der Waals surface area contributed by atoms with E-state index in [0.29, 0.717) is 18.5 Å². The van der Waals surface area contributed by atoms with E-state index in [1.165, 1.54) is 6.20 Å². The molecule has 0 aromatic carbocycles. The topological polar surface area (TPSA) is 129 Å². The van der Waals surface area contributed by atoms with Gasteiger partial charge in [-0.3, -0.25) is 4.79 Å². The van der Waals surface area contributed by atoms with E-state index in [1.54, 1.807) is 52.4 Å². The number of methoxy groups -OCH3 is 2. The van der Waals surface area contributed by atoms with Crippen molar-refractivity contribution in [3.05, 3.63) is 24.0 Å². The summed E-state index contributed by atoms with van der Waals surface area (Å²) in [4.78, 5) is 21.8. The molecule has 1 heterocycles. The van der Waals surface area contributed by atoms with Crippen molar-refractivity contribution in [2.24, 2.45) is 0 Å². The number of aromatic nitrogens is 2. The van der Waals surface area contributed by atoms with Gasteiger partial charge >= 0.3 is 5.97 Å². The SMILES string of the molecule is CC(C)(F)F.CNC(=O)c1cc[n+](CCC([NH3+])C(=O)O)nc1.COC.COC. The molecule has 1 rings (SSSR count). The van der Waals surface area contributed by atoms with E-state index in [1.807, 2.05) is 0 Å². The molecule has 1 aromatic heterocycles. The van der Waals surface area contributed by atoms with Gasteiger partial charge in [0, 0.05) is 41.6 Å². The Morgan fingerprint density at radius 1 is 1.29 bits per heavy atom. The number of halogens is 2. The predicted octanol–water partition coefficient (Wildman–Crippen LogP) is 0.000600. The minimum Gasteiger partial charge on any atom is -0.477 e. The zero-order valence-electron chi connectivity index (χ0n) is 17.7. The van der Waals surface area contributed by atoms with Crippen LogP contribution < -0.4 is 15.7 Å². The van der Waals surface area contributed by atoms with Crippen LogP contribution in [0.4, 0.5) is 8.78 Å². The number of quaternary nitrogens is 1. The molecule has 0 spiro atoms. The summed E-state index contributed by atoms with van der Waals surface area (Å²) in [6, 6.07) is 0.980. The summed E-state index contributed by atoms with van der Waals surface area (Å²) < 4.78 is 32.1. The van der Waals surface area contributed by atoms with Crippen LogP contribution in [0.5, 0.6) is 0 Å². The third-order valence-electron chi connectivity index (χ3n) is 2.32. The molecule has 1 atom stereocenters. The maximum absolute atomic E-state index is 11.2. The Morgan fingerprint density at radius 2 is 1.71 bits per heavy atom. The van der Waals surface area contributed by atoms with Crippen LogP contribution in [0.3, 0.4) is 0 Å². The molecule has 0 saturated carbocycles. The summed E-state index contributed by atoms with van der Waals surface area (Å²) in [5, 5.41) is 15.2. The highest BCUT2D eigenvalue weighted by Gasteiger charge is 2.18. The van der Waals surface area contributed by atoms with Crippen molar-refractivity contribution in [1.29, 1.82) is 0 Å². The first kappa shape index (κ1) is 30.5. The summed E-state index contributed by atoms with van der Waals surface area (Å²) in [5.74, 6) is -3.63. The van der Waals surface area contributed by atoms with Gasteiger partial charge in [0.1, 0.15) is 6.20 Å². The average Bonchev–Trinajstić information content (AvgIpc) is 2.59. The average molecular weight is 412 g/mol. The number of carbonyl (C=O) groups is 2. The number of carboxylic acids is 1. The molecule has 1 unspecified atom stereocenters. The highest BCUT2D eigenvalue weighted by atomic mass is 19.3. The van der Waals surface area contributed by atoms with Crippen LogP contribution in [-0.4, -0.2) is 69.5 Å². The van der Waals surface area contributed by atoms with Gasteiger partial charge in [0.15, 0.2) is 18.8 Å². The number of ether oxygens (including phenoxy) is 2. The molecule has 1 aromatic rings. The molecule has 164 valence electrons. The number of amides is 1. The van der Waals surface area contributed by atoms with E-state index in [0.717, 1.165) is 13.8 Å². The minimum absolute atomic E-state index is 0.203. The quantitative estimate of drug-likeness (QED) is 0.584. The first-order valence-electron chi connectivity index (χ1n) is 8.19. The van der Waals surface area contributed by atoms with Crippen molar-refractivity contribution in [3.63, 3.8) is 0 Å². The summed E-state index contributed by atoms with van der Waals surface area (Å²) in [6.45, 7) is 2.16. The second-order valence-corrected chi connectivity index (χ2v) is 5.73. The van der Waals surface area contributed by atoms with Crippen LogP contribution in [0.25, 0.3) is 0 Å². The van der Waals surface area contributed by atoms with Crippen LogP contribution in [0.15, 0.2) is 18.5 Å². The molecule has 0 bridgehead atoms. The molecule has 0 saturated heterocycles. The third-order valence-corrected chi connectivity index (χ3v) is 2.32. The van der Waals surface area contributed by atoms with Gasteiger partial charge in [-0.2, -0.15) is 0 Å². The molecule has 0 aliphatic rings. The number of hydrogen-bond acceptors (Lipinski definition) is 5. The number of rotatable bonds is 5. The minimum atomic E-state index is -2.50. The van der Waals surface area contributed by atoms with Crippen molar-refractivity contribution in [1.82, 2.24) is 10.4 Å². The Kier molecular flexibility index (Phi) is 19.7. The van der Waals surface area contributed by atoms with Crippen molar-refractivity contribution < 1.29 is 43.4 Å². The van der Waals surface area contributed by atoms with Gasteiger partial charge < -0.3 is 25.6 Å². The smallest absolute Gasteiger partial charge is 0.362 e. The number of nitrogens with one attached hydrogen (secondary N) is 1. The Morgan fingerprint density at radius 3 is 2.00 bits per heavy atom. The van der Waals surface area contributed by atoms with E-state index in [-0.39, 0.29) is 5.91 Å². The van der Waals surface area contributed by atoms with Crippen molar-refractivity contribution in [2.45, 2.75) is 38.8 Å². The van der Waals surface area contributed by atoms with Crippen LogP contribution in [0.2, 0.25) is 0 Å². The van der Waals surface area contributed by atoms with Crippen LogP contribution >= 0.6 is 0 Å². The number of aryl methyl sites for hydroxylation is 1. The zero-order chi connectivity index (χ0) is 22.8. The molecule has 0 radical (unpaired) electrons. The molecule has 0 aliphatic carbocycles. The summed E-state index contributed by atoms with van der Waals surface area (Å²) >= 11 is 0. The fourth-order valence-electron chi connectivity index (χ4n) is 1.21. The lowest BCUT2D eigenvalue weighted by atomic mass is 10.2. The predicted molar refractivity (Wildman–Crippen MR) is 98.9 cm³/mol. The monoisotopic (exact) mass is 412 g/mol. The van der Waals surface area contributed by atoms with E-state index in [4.69, 9.17) is 5.11 Å². The molecule has 1 amide bonds. The highest BCUT2D eigenvalue weighted by Crippen LogP contribution is 2.06. The Hall–Kier alpha value is -2.24. The maximum Gasteiger partial charge on any atom is 0.362 e. The lowest BCUT2D eigenvalue weighted by molar-refractivity contribution is -0.756. The van der Waals surface area contributed by atoms with Gasteiger partial charge in [-0.1, -0.05) is 4.68 Å². The Bertz CT molecular complexity index is 517. The second-order valence-electron chi connectivity index (χ2n) is 5.73. The molecule has 5 N–H and O–H groups in total. The second kappa shape index (κ2) is 18.1. The lowest BCUT2D eigenvalue weighted by Crippen LogP contribution is -2.66. The summed E-state index contributed by atoms with van der Waals surface area (Å²) in [5.41, 5.74) is 3.97. The van der Waals surface area contributed by atoms with Crippen molar-refractivity contribution in [2.75, 3.05) is 35.5 Å². The molecule has 0 aliphatic heterocycles. The number of carboxylic acid groups (broad SMARTS) is 1. The Labute approximate surface area is 164 Å². The standard InChI is InChI=1S/C10H14N4O3.C3H6F2.2C2H6O/c1-12-9(15)7-2-4-14(13-6-7)5-3-8(11)10(16)17;1-3(2,4)5;2*1-3-2/h2,4,6,8H,3,5,11H2,1H3,(H-,12,15,16,17);1-2H3;2*1-2H3/p+2. The number of carbonyl (C=O) groups excluding carboxylic acids is 1. The maximum atomic E-state index is 11.2.